The van der Waals surface area contributed by atoms with E-state index in [1.807, 2.05) is 42.7 Å². The molecular weight excluding hydrogens is 233 g/mol. The fourth-order valence-corrected chi connectivity index (χ4v) is 2.24. The lowest BCUT2D eigenvalue weighted by Crippen LogP contribution is -2.01. The molecule has 0 spiro atoms. The van der Waals surface area contributed by atoms with E-state index in [-0.39, 0.29) is 5.82 Å². The van der Waals surface area contributed by atoms with E-state index in [2.05, 4.69) is 5.32 Å². The van der Waals surface area contributed by atoms with Crippen LogP contribution in [0.2, 0.25) is 0 Å². The Kier molecular flexibility index (Phi) is 4.04. The molecule has 0 aliphatic rings. The predicted molar refractivity (Wildman–Crippen MR) is 71.9 cm³/mol. The lowest BCUT2D eigenvalue weighted by atomic mass is 10.2. The Labute approximate surface area is 105 Å². The lowest BCUT2D eigenvalue weighted by molar-refractivity contribution is 0.624. The first-order chi connectivity index (χ1) is 8.29. The topological polar surface area (TPSA) is 12.0 Å². The maximum atomic E-state index is 13.2. The quantitative estimate of drug-likeness (QED) is 0.814. The van der Waals surface area contributed by atoms with E-state index in [1.165, 1.54) is 6.07 Å². The minimum Gasteiger partial charge on any atom is -0.381 e. The molecule has 0 amide bonds. The van der Waals surface area contributed by atoms with Gasteiger partial charge in [0.2, 0.25) is 0 Å². The fraction of sp³-hybridized carbons (Fsp3) is 0.143. The van der Waals surface area contributed by atoms with E-state index in [0.717, 1.165) is 16.1 Å². The van der Waals surface area contributed by atoms with Gasteiger partial charge >= 0.3 is 0 Å². The van der Waals surface area contributed by atoms with E-state index in [9.17, 15) is 4.39 Å². The number of benzene rings is 2. The number of nitrogens with one attached hydrogen (secondary N) is 1. The molecule has 0 heterocycles. The van der Waals surface area contributed by atoms with E-state index < -0.39 is 0 Å². The lowest BCUT2D eigenvalue weighted by Gasteiger charge is -2.10. The van der Waals surface area contributed by atoms with Gasteiger partial charge in [-0.1, -0.05) is 18.2 Å². The zero-order valence-corrected chi connectivity index (χ0v) is 10.4. The average molecular weight is 247 g/mol. The SMILES string of the molecule is CSc1ccc(F)cc1CNc1ccccc1. The summed E-state index contributed by atoms with van der Waals surface area (Å²) >= 11 is 1.63. The number of thioether (sulfide) groups is 1. The van der Waals surface area contributed by atoms with Crippen molar-refractivity contribution in [2.45, 2.75) is 11.4 Å². The maximum Gasteiger partial charge on any atom is 0.123 e. The van der Waals surface area contributed by atoms with Gasteiger partial charge in [0.15, 0.2) is 0 Å². The van der Waals surface area contributed by atoms with Crippen molar-refractivity contribution >= 4 is 17.4 Å². The molecule has 0 aliphatic carbocycles. The Morgan fingerprint density at radius 3 is 2.59 bits per heavy atom. The Morgan fingerprint density at radius 1 is 1.12 bits per heavy atom. The molecule has 0 bridgehead atoms. The fourth-order valence-electron chi connectivity index (χ4n) is 1.64. The van der Waals surface area contributed by atoms with Gasteiger partial charge in [-0.25, -0.2) is 4.39 Å². The van der Waals surface area contributed by atoms with Crippen LogP contribution in [-0.4, -0.2) is 6.26 Å². The molecule has 0 fully saturated rings. The molecule has 3 heteroatoms. The third kappa shape index (κ3) is 3.24. The summed E-state index contributed by atoms with van der Waals surface area (Å²) in [6.07, 6.45) is 2.00. The van der Waals surface area contributed by atoms with Crippen molar-refractivity contribution in [3.8, 4) is 0 Å². The molecule has 0 radical (unpaired) electrons. The monoisotopic (exact) mass is 247 g/mol. The van der Waals surface area contributed by atoms with Gasteiger partial charge in [-0.3, -0.25) is 0 Å². The van der Waals surface area contributed by atoms with Crippen LogP contribution < -0.4 is 5.32 Å². The summed E-state index contributed by atoms with van der Waals surface area (Å²) in [5.74, 6) is -0.187. The summed E-state index contributed by atoms with van der Waals surface area (Å²) in [5, 5.41) is 3.28. The largest absolute Gasteiger partial charge is 0.381 e. The third-order valence-electron chi connectivity index (χ3n) is 2.50. The molecule has 1 N–H and O–H groups in total. The highest BCUT2D eigenvalue weighted by atomic mass is 32.2. The van der Waals surface area contributed by atoms with Gasteiger partial charge in [0.1, 0.15) is 5.82 Å². The van der Waals surface area contributed by atoms with Crippen LogP contribution in [0.1, 0.15) is 5.56 Å². The van der Waals surface area contributed by atoms with Crippen LogP contribution in [0, 0.1) is 5.82 Å². The van der Waals surface area contributed by atoms with E-state index in [0.29, 0.717) is 6.54 Å². The number of hydrogen-bond donors (Lipinski definition) is 1. The number of anilines is 1. The van der Waals surface area contributed by atoms with Gasteiger partial charge < -0.3 is 5.32 Å². The molecule has 0 aliphatic heterocycles. The summed E-state index contributed by atoms with van der Waals surface area (Å²) in [6, 6.07) is 14.8. The molecular formula is C14H14FNS. The van der Waals surface area contributed by atoms with Crippen LogP contribution in [-0.2, 0) is 6.54 Å². The summed E-state index contributed by atoms with van der Waals surface area (Å²) in [4.78, 5) is 1.11. The first-order valence-electron chi connectivity index (χ1n) is 5.41. The van der Waals surface area contributed by atoms with Gasteiger partial charge in [-0.05, 0) is 42.2 Å². The summed E-state index contributed by atoms with van der Waals surface area (Å²) in [7, 11) is 0. The van der Waals surface area contributed by atoms with Crippen LogP contribution in [0.15, 0.2) is 53.4 Å². The Bertz CT molecular complexity index is 485. The van der Waals surface area contributed by atoms with Crippen molar-refractivity contribution in [3.63, 3.8) is 0 Å². The second-order valence-electron chi connectivity index (χ2n) is 3.68. The van der Waals surface area contributed by atoms with Crippen molar-refractivity contribution in [2.24, 2.45) is 0 Å². The van der Waals surface area contributed by atoms with E-state index >= 15 is 0 Å². The highest BCUT2D eigenvalue weighted by Crippen LogP contribution is 2.22. The second kappa shape index (κ2) is 5.73. The summed E-state index contributed by atoms with van der Waals surface area (Å²) < 4.78 is 13.2. The Morgan fingerprint density at radius 2 is 1.88 bits per heavy atom. The Hall–Kier alpha value is -1.48. The summed E-state index contributed by atoms with van der Waals surface area (Å²) in [5.41, 5.74) is 2.03. The standard InChI is InChI=1S/C14H14FNS/c1-17-14-8-7-12(15)9-11(14)10-16-13-5-3-2-4-6-13/h2-9,16H,10H2,1H3. The van der Waals surface area contributed by atoms with Gasteiger partial charge in [-0.2, -0.15) is 0 Å². The second-order valence-corrected chi connectivity index (χ2v) is 4.52. The summed E-state index contributed by atoms with van der Waals surface area (Å²) in [6.45, 7) is 0.637. The molecule has 1 nitrogen and oxygen atoms in total. The van der Waals surface area contributed by atoms with Crippen LogP contribution in [0.5, 0.6) is 0 Å². The highest BCUT2D eigenvalue weighted by Gasteiger charge is 2.03. The van der Waals surface area contributed by atoms with Crippen molar-refractivity contribution < 1.29 is 4.39 Å². The molecule has 17 heavy (non-hydrogen) atoms. The first kappa shape index (κ1) is 12.0. The Balaban J connectivity index is 2.11. The molecule has 2 aromatic carbocycles. The van der Waals surface area contributed by atoms with Crippen molar-refractivity contribution in [2.75, 3.05) is 11.6 Å². The minimum absolute atomic E-state index is 0.187. The molecule has 88 valence electrons. The van der Waals surface area contributed by atoms with Crippen molar-refractivity contribution in [1.82, 2.24) is 0 Å². The van der Waals surface area contributed by atoms with Gasteiger partial charge in [0.25, 0.3) is 0 Å². The molecule has 0 unspecified atom stereocenters. The van der Waals surface area contributed by atoms with E-state index in [4.69, 9.17) is 0 Å². The number of hydrogen-bond acceptors (Lipinski definition) is 2. The average Bonchev–Trinajstić information content (AvgIpc) is 2.38. The molecule has 0 aromatic heterocycles. The highest BCUT2D eigenvalue weighted by molar-refractivity contribution is 7.98. The van der Waals surface area contributed by atoms with Crippen LogP contribution >= 0.6 is 11.8 Å². The van der Waals surface area contributed by atoms with Crippen LogP contribution in [0.25, 0.3) is 0 Å². The smallest absolute Gasteiger partial charge is 0.123 e. The molecule has 0 saturated carbocycles. The number of para-hydroxylation sites is 1. The molecule has 2 rings (SSSR count). The van der Waals surface area contributed by atoms with Crippen molar-refractivity contribution in [3.05, 3.63) is 59.9 Å². The molecule has 2 aromatic rings. The van der Waals surface area contributed by atoms with E-state index in [1.54, 1.807) is 17.8 Å². The number of halogens is 1. The van der Waals surface area contributed by atoms with Gasteiger partial charge in [-0.15, -0.1) is 11.8 Å². The maximum absolute atomic E-state index is 13.2. The number of rotatable bonds is 4. The third-order valence-corrected chi connectivity index (χ3v) is 3.34. The van der Waals surface area contributed by atoms with Crippen LogP contribution in [0.4, 0.5) is 10.1 Å². The first-order valence-corrected chi connectivity index (χ1v) is 6.63. The zero-order chi connectivity index (χ0) is 12.1. The predicted octanol–water partition coefficient (Wildman–Crippen LogP) is 4.16. The van der Waals surface area contributed by atoms with Gasteiger partial charge in [0.05, 0.1) is 0 Å². The van der Waals surface area contributed by atoms with Crippen LogP contribution in [0.3, 0.4) is 0 Å². The molecule has 0 saturated heterocycles. The van der Waals surface area contributed by atoms with Gasteiger partial charge in [0, 0.05) is 17.1 Å². The molecule has 0 atom stereocenters. The normalized spacial score (nSPS) is 10.2. The zero-order valence-electron chi connectivity index (χ0n) is 9.61. The minimum atomic E-state index is -0.187. The van der Waals surface area contributed by atoms with Crippen molar-refractivity contribution in [1.29, 1.82) is 0 Å².